The van der Waals surface area contributed by atoms with E-state index < -0.39 is 0 Å². The summed E-state index contributed by atoms with van der Waals surface area (Å²) in [6, 6.07) is 147. The molecular weight excluding hydrogens is 1720 g/mol. The zero-order valence-corrected chi connectivity index (χ0v) is 75.8. The first-order valence-corrected chi connectivity index (χ1v) is 47.7. The number of aromatic nitrogens is 11. The molecule has 13 nitrogen and oxygen atoms in total. The van der Waals surface area contributed by atoms with E-state index in [9.17, 15) is 0 Å². The fraction of sp³-hybridized carbons (Fsp3) is 0.00781. The lowest BCUT2D eigenvalue weighted by atomic mass is 9.96. The topological polar surface area (TPSA) is 135 Å². The summed E-state index contributed by atoms with van der Waals surface area (Å²) in [5, 5.41) is 20.2. The maximum Gasteiger partial charge on any atom is 0.180 e. The van der Waals surface area contributed by atoms with Crippen LogP contribution in [-0.2, 0) is 0 Å². The van der Waals surface area contributed by atoms with Crippen LogP contribution in [0.4, 0.5) is 0 Å². The molecule has 0 fully saturated rings. The van der Waals surface area contributed by atoms with Crippen molar-refractivity contribution in [2.24, 2.45) is 0 Å². The molecule has 32 rings (SSSR count). The van der Waals surface area contributed by atoms with Gasteiger partial charge in [0.05, 0.1) is 71.7 Å². The maximum absolute atomic E-state index is 6.39. The third kappa shape index (κ3) is 12.0. The molecular formula is C128H75N11O2. The van der Waals surface area contributed by atoms with E-state index in [0.29, 0.717) is 11.4 Å². The van der Waals surface area contributed by atoms with Crippen molar-refractivity contribution >= 4 is 202 Å². The van der Waals surface area contributed by atoms with Crippen LogP contribution in [0.5, 0.6) is 0 Å². The molecule has 0 saturated carbocycles. The first-order chi connectivity index (χ1) is 69.8. The number of para-hydroxylation sites is 5. The summed E-state index contributed by atoms with van der Waals surface area (Å²) in [7, 11) is 0. The van der Waals surface area contributed by atoms with E-state index in [0.717, 1.165) is 138 Å². The highest BCUT2D eigenvalue weighted by Gasteiger charge is 2.28. The zero-order chi connectivity index (χ0) is 92.3. The minimum atomic E-state index is 0.674. The fourth-order valence-electron chi connectivity index (χ4n) is 22.8. The highest BCUT2D eigenvalue weighted by Crippen LogP contribution is 2.50. The standard InChI is InChI=1S/C44H27N5.C43H24N4O.C41H24N2O/c1-26-21-33(32-12-7-20-46-44(32)47-26)28-16-18-39-34(23-28)36-25-29(24-35-31-11-5-6-13-38(31)49(39)43(35)36)27-15-17-40-37(22-27)42-41(14-8-19-45-42)48(40)30-9-3-2-4-10-30;1-2-9-26(10-3-1)39-42-40(31-13-5-7-15-38(31)48-42)46-43(45-39)29-22-33-30-12-4-6-14-36(30)47-37-19-18-27(21-32(37)34(23-29)41(33)47)28-17-16-25-11-8-20-44-35(25)24-28;1-2-8-25(9-3-1)26-10-6-11-27(20-26)28-15-17-37-32(21-28)34-24-30(23-33-31-12-4-5-13-36(31)43(37)41(33)34)29-16-18-38-35(22-29)40-39(44-38)14-7-19-42-40/h2-25H,1H3;1-24H;1-24H. The molecule has 0 aliphatic rings. The molecule has 15 heterocycles. The van der Waals surface area contributed by atoms with Crippen molar-refractivity contribution < 1.29 is 8.83 Å². The Morgan fingerprint density at radius 1 is 0.220 bits per heavy atom. The zero-order valence-electron chi connectivity index (χ0n) is 75.8. The Bertz CT molecular complexity index is 10800. The fourth-order valence-corrected chi connectivity index (χ4v) is 22.8. The lowest BCUT2D eigenvalue weighted by Crippen LogP contribution is -1.94. The molecule has 0 radical (unpaired) electrons. The Morgan fingerprint density at radius 2 is 0.645 bits per heavy atom. The summed E-state index contributed by atoms with van der Waals surface area (Å²) < 4.78 is 22.1. The summed E-state index contributed by atoms with van der Waals surface area (Å²) in [6.07, 6.45) is 7.39. The second-order valence-electron chi connectivity index (χ2n) is 37.0. The molecule has 654 valence electrons. The monoisotopic (exact) mass is 1800 g/mol. The highest BCUT2D eigenvalue weighted by molar-refractivity contribution is 6.29. The van der Waals surface area contributed by atoms with Gasteiger partial charge in [0.15, 0.2) is 22.6 Å². The largest absolute Gasteiger partial charge is 0.454 e. The minimum absolute atomic E-state index is 0.674. The van der Waals surface area contributed by atoms with E-state index >= 15 is 0 Å². The van der Waals surface area contributed by atoms with E-state index in [1.54, 1.807) is 0 Å². The van der Waals surface area contributed by atoms with Crippen LogP contribution >= 0.6 is 0 Å². The normalized spacial score (nSPS) is 12.1. The predicted molar refractivity (Wildman–Crippen MR) is 580 cm³/mol. The van der Waals surface area contributed by atoms with E-state index in [4.69, 9.17) is 28.8 Å². The molecule has 0 aliphatic heterocycles. The number of pyridine rings is 5. The van der Waals surface area contributed by atoms with Gasteiger partial charge in [0.2, 0.25) is 0 Å². The van der Waals surface area contributed by atoms with Gasteiger partial charge in [0.25, 0.3) is 0 Å². The van der Waals surface area contributed by atoms with Crippen LogP contribution in [-0.4, -0.2) is 52.7 Å². The van der Waals surface area contributed by atoms with Crippen molar-refractivity contribution in [1.29, 1.82) is 0 Å². The van der Waals surface area contributed by atoms with Gasteiger partial charge in [-0.05, 0) is 274 Å². The van der Waals surface area contributed by atoms with Crippen LogP contribution in [0, 0.1) is 6.92 Å². The Labute approximate surface area is 803 Å². The Balaban J connectivity index is 0.0000000993. The quantitative estimate of drug-likeness (QED) is 0.138. The maximum atomic E-state index is 6.39. The van der Waals surface area contributed by atoms with Gasteiger partial charge in [-0.2, -0.15) is 0 Å². The van der Waals surface area contributed by atoms with Gasteiger partial charge >= 0.3 is 0 Å². The summed E-state index contributed by atoms with van der Waals surface area (Å²) >= 11 is 0. The molecule has 0 saturated heterocycles. The van der Waals surface area contributed by atoms with Crippen molar-refractivity contribution in [2.45, 2.75) is 6.92 Å². The molecule has 32 aromatic rings. The Hall–Kier alpha value is -19.1. The molecule has 0 atom stereocenters. The van der Waals surface area contributed by atoms with Gasteiger partial charge in [0, 0.05) is 139 Å². The first kappa shape index (κ1) is 78.2. The molecule has 0 N–H and O–H groups in total. The summed E-state index contributed by atoms with van der Waals surface area (Å²) in [4.78, 5) is 33.8. The van der Waals surface area contributed by atoms with Crippen LogP contribution in [0.25, 0.3) is 297 Å². The van der Waals surface area contributed by atoms with Crippen LogP contribution in [0.2, 0.25) is 0 Å². The first-order valence-electron chi connectivity index (χ1n) is 47.7. The number of nitrogens with zero attached hydrogens (tertiary/aromatic N) is 11. The lowest BCUT2D eigenvalue weighted by Gasteiger charge is -2.09. The van der Waals surface area contributed by atoms with Crippen molar-refractivity contribution in [3.63, 3.8) is 0 Å². The minimum Gasteiger partial charge on any atom is -0.454 e. The van der Waals surface area contributed by atoms with Gasteiger partial charge < -0.3 is 26.6 Å². The van der Waals surface area contributed by atoms with Crippen LogP contribution in [0.1, 0.15) is 5.69 Å². The van der Waals surface area contributed by atoms with E-state index in [2.05, 4.69) is 379 Å². The van der Waals surface area contributed by atoms with Crippen LogP contribution in [0.3, 0.4) is 0 Å². The number of rotatable bonds is 9. The average molecular weight is 1800 g/mol. The van der Waals surface area contributed by atoms with Gasteiger partial charge in [-0.3, -0.25) is 15.0 Å². The third-order valence-corrected chi connectivity index (χ3v) is 29.1. The van der Waals surface area contributed by atoms with E-state index in [-0.39, 0.29) is 0 Å². The average Bonchev–Trinajstić information content (AvgIpc) is 1.52. The molecule has 17 aromatic carbocycles. The smallest absolute Gasteiger partial charge is 0.180 e. The van der Waals surface area contributed by atoms with E-state index in [1.807, 2.05) is 98.4 Å². The van der Waals surface area contributed by atoms with Crippen LogP contribution < -0.4 is 0 Å². The predicted octanol–water partition coefficient (Wildman–Crippen LogP) is 33.1. The van der Waals surface area contributed by atoms with Gasteiger partial charge in [-0.1, -0.05) is 212 Å². The molecule has 0 bridgehead atoms. The third-order valence-electron chi connectivity index (χ3n) is 29.1. The number of benzene rings is 17. The molecule has 0 amide bonds. The second-order valence-corrected chi connectivity index (χ2v) is 37.0. The molecule has 0 spiro atoms. The summed E-state index contributed by atoms with van der Waals surface area (Å²) in [5.41, 5.74) is 40.0. The van der Waals surface area contributed by atoms with Crippen LogP contribution in [0.15, 0.2) is 446 Å². The molecule has 13 heteroatoms. The number of furan rings is 2. The summed E-state index contributed by atoms with van der Waals surface area (Å²) in [6.45, 7) is 2.04. The number of fused-ring (bicyclic) bond motifs is 29. The lowest BCUT2D eigenvalue weighted by molar-refractivity contribution is 0.667. The van der Waals surface area contributed by atoms with E-state index in [1.165, 1.54) is 153 Å². The Morgan fingerprint density at radius 3 is 1.30 bits per heavy atom. The molecule has 0 aliphatic carbocycles. The van der Waals surface area contributed by atoms with Crippen molar-refractivity contribution in [2.75, 3.05) is 0 Å². The van der Waals surface area contributed by atoms with Gasteiger partial charge in [0.1, 0.15) is 27.9 Å². The Kier molecular flexibility index (Phi) is 16.9. The van der Waals surface area contributed by atoms with Crippen molar-refractivity contribution in [3.05, 3.63) is 443 Å². The molecule has 0 unspecified atom stereocenters. The number of aryl methyl sites for hydroxylation is 1. The highest BCUT2D eigenvalue weighted by atomic mass is 16.3. The van der Waals surface area contributed by atoms with Gasteiger partial charge in [-0.15, -0.1) is 0 Å². The number of hydrogen-bond acceptors (Lipinski definition) is 9. The van der Waals surface area contributed by atoms with Crippen molar-refractivity contribution in [1.82, 2.24) is 52.7 Å². The molecule has 141 heavy (non-hydrogen) atoms. The summed E-state index contributed by atoms with van der Waals surface area (Å²) in [5.74, 6) is 0.674. The van der Waals surface area contributed by atoms with Crippen molar-refractivity contribution in [3.8, 4) is 95.1 Å². The SMILES string of the molecule is Cc1cc(-c2ccc3c(c2)c2cc(-c4ccc5c(c4)c4ncccc4n5-c4ccccc4)cc4c5ccccc5n3c42)c2cccnc2n1.c1ccc(-c2cccc(-c3ccc4c(c3)c3cc(-c5ccc6oc7cccnc7c6c5)cc5c6ccccc6n4c53)c2)cc1.c1ccc(-c2nc(-c3cc4c5ccccc5n5c6ccc(-c7ccc8cccnc8c7)cc6c(c3)c45)nc3c2oc2ccccc23)cc1. The van der Waals surface area contributed by atoms with Gasteiger partial charge in [-0.25, -0.2) is 19.9 Å². The number of hydrogen-bond donors (Lipinski definition) is 0. The second kappa shape index (κ2) is 30.4. The molecule has 15 aromatic heterocycles.